The highest BCUT2D eigenvalue weighted by atomic mass is 32.2. The summed E-state index contributed by atoms with van der Waals surface area (Å²) in [5.74, 6) is -3.33. The van der Waals surface area contributed by atoms with E-state index < -0.39 is 15.8 Å². The third-order valence-corrected chi connectivity index (χ3v) is 4.65. The van der Waals surface area contributed by atoms with Crippen LogP contribution in [0.15, 0.2) is 0 Å². The first-order chi connectivity index (χ1) is 7.93. The highest BCUT2D eigenvalue weighted by molar-refractivity contribution is 7.89. The van der Waals surface area contributed by atoms with Gasteiger partial charge in [0.05, 0.1) is 0 Å². The van der Waals surface area contributed by atoms with Crippen LogP contribution in [0, 0.1) is 0 Å². The van der Waals surface area contributed by atoms with Crippen LogP contribution >= 0.6 is 0 Å². The fraction of sp³-hybridized carbons (Fsp3) is 1.00. The normalized spacial score (nSPS) is 21.9. The van der Waals surface area contributed by atoms with Gasteiger partial charge in [0.25, 0.3) is 10.0 Å². The Morgan fingerprint density at radius 2 is 1.76 bits per heavy atom. The lowest BCUT2D eigenvalue weighted by Gasteiger charge is -2.37. The molecular formula is C9H19F2N3O2S. The van der Waals surface area contributed by atoms with Crippen LogP contribution in [0.3, 0.4) is 0 Å². The maximum Gasteiger partial charge on any atom is 0.350 e. The van der Waals surface area contributed by atoms with Gasteiger partial charge in [-0.25, -0.2) is 8.42 Å². The fourth-order valence-corrected chi connectivity index (χ4v) is 2.91. The molecule has 1 fully saturated rings. The lowest BCUT2D eigenvalue weighted by molar-refractivity contribution is 0.129. The van der Waals surface area contributed by atoms with E-state index in [0.29, 0.717) is 19.6 Å². The summed E-state index contributed by atoms with van der Waals surface area (Å²) in [6, 6.07) is 0.200. The largest absolute Gasteiger partial charge is 0.350 e. The second kappa shape index (κ2) is 6.03. The van der Waals surface area contributed by atoms with Gasteiger partial charge in [-0.3, -0.25) is 4.90 Å². The summed E-state index contributed by atoms with van der Waals surface area (Å²) in [4.78, 5) is 2.05. The maximum absolute atomic E-state index is 12.3. The zero-order valence-corrected chi connectivity index (χ0v) is 10.7. The summed E-state index contributed by atoms with van der Waals surface area (Å²) in [6.45, 7) is 3.65. The van der Waals surface area contributed by atoms with Crippen LogP contribution in [0.5, 0.6) is 0 Å². The average Bonchev–Trinajstić information content (AvgIpc) is 2.31. The predicted molar refractivity (Wildman–Crippen MR) is 61.2 cm³/mol. The molecule has 0 aromatic heterocycles. The standard InChI is InChI=1S/C9H19F2N3O2S/c1-2-8(7-12)13-3-5-14(6-4-13)17(15,16)9(10)11/h8-9H,2-7,12H2,1H3. The smallest absolute Gasteiger partial charge is 0.329 e. The van der Waals surface area contributed by atoms with Gasteiger partial charge in [0.15, 0.2) is 0 Å². The maximum atomic E-state index is 12.3. The highest BCUT2D eigenvalue weighted by Gasteiger charge is 2.35. The van der Waals surface area contributed by atoms with E-state index in [2.05, 4.69) is 4.90 Å². The van der Waals surface area contributed by atoms with E-state index >= 15 is 0 Å². The molecule has 1 saturated heterocycles. The summed E-state index contributed by atoms with van der Waals surface area (Å²) < 4.78 is 48.0. The molecule has 8 heteroatoms. The second-order valence-corrected chi connectivity index (χ2v) is 5.94. The monoisotopic (exact) mass is 271 g/mol. The first-order valence-corrected chi connectivity index (χ1v) is 7.15. The molecule has 1 heterocycles. The minimum absolute atomic E-state index is 0.114. The quantitative estimate of drug-likeness (QED) is 0.758. The lowest BCUT2D eigenvalue weighted by Crippen LogP contribution is -2.54. The molecule has 0 bridgehead atoms. The van der Waals surface area contributed by atoms with Gasteiger partial charge in [-0.2, -0.15) is 13.1 Å². The molecule has 2 N–H and O–H groups in total. The Hall–Kier alpha value is -0.310. The van der Waals surface area contributed by atoms with Gasteiger partial charge in [0.1, 0.15) is 0 Å². The molecule has 1 atom stereocenters. The number of hydrogen-bond donors (Lipinski definition) is 1. The van der Waals surface area contributed by atoms with Gasteiger partial charge in [0, 0.05) is 38.8 Å². The molecule has 0 amide bonds. The Kier molecular flexibility index (Phi) is 5.23. The van der Waals surface area contributed by atoms with Crippen LogP contribution in [-0.4, -0.2) is 62.1 Å². The zero-order valence-electron chi connectivity index (χ0n) is 9.85. The van der Waals surface area contributed by atoms with Gasteiger partial charge in [-0.05, 0) is 6.42 Å². The third kappa shape index (κ3) is 3.34. The van der Waals surface area contributed by atoms with E-state index in [9.17, 15) is 17.2 Å². The molecule has 1 rings (SSSR count). The summed E-state index contributed by atoms with van der Waals surface area (Å²) in [6.07, 6.45) is 0.873. The first kappa shape index (κ1) is 14.7. The van der Waals surface area contributed by atoms with E-state index in [0.717, 1.165) is 10.7 Å². The molecule has 0 aliphatic carbocycles. The Labute approximate surface area is 101 Å². The Balaban J connectivity index is 2.57. The summed E-state index contributed by atoms with van der Waals surface area (Å²) in [5.41, 5.74) is 5.59. The first-order valence-electron chi connectivity index (χ1n) is 5.64. The molecule has 1 aliphatic heterocycles. The molecular weight excluding hydrogens is 252 g/mol. The van der Waals surface area contributed by atoms with Crippen LogP contribution in [0.2, 0.25) is 0 Å². The second-order valence-electron chi connectivity index (χ2n) is 4.04. The van der Waals surface area contributed by atoms with Crippen molar-refractivity contribution in [3.05, 3.63) is 0 Å². The van der Waals surface area contributed by atoms with Gasteiger partial charge in [0.2, 0.25) is 0 Å². The molecule has 0 saturated carbocycles. The number of nitrogens with zero attached hydrogens (tertiary/aromatic N) is 2. The third-order valence-electron chi connectivity index (χ3n) is 3.12. The van der Waals surface area contributed by atoms with Crippen molar-refractivity contribution in [2.24, 2.45) is 5.73 Å². The van der Waals surface area contributed by atoms with Crippen molar-refractivity contribution in [2.75, 3.05) is 32.7 Å². The number of piperazine rings is 1. The molecule has 17 heavy (non-hydrogen) atoms. The van der Waals surface area contributed by atoms with E-state index in [4.69, 9.17) is 5.73 Å². The minimum atomic E-state index is -4.42. The van der Waals surface area contributed by atoms with E-state index in [1.54, 1.807) is 0 Å². The van der Waals surface area contributed by atoms with Crippen molar-refractivity contribution < 1.29 is 17.2 Å². The number of sulfonamides is 1. The van der Waals surface area contributed by atoms with Crippen LogP contribution in [-0.2, 0) is 10.0 Å². The fourth-order valence-electron chi connectivity index (χ4n) is 2.01. The topological polar surface area (TPSA) is 66.6 Å². The number of hydrogen-bond acceptors (Lipinski definition) is 4. The van der Waals surface area contributed by atoms with Gasteiger partial charge in [-0.15, -0.1) is 0 Å². The number of halogens is 2. The lowest BCUT2D eigenvalue weighted by atomic mass is 10.1. The minimum Gasteiger partial charge on any atom is -0.329 e. The molecule has 0 aromatic carbocycles. The van der Waals surface area contributed by atoms with Gasteiger partial charge < -0.3 is 5.73 Å². The van der Waals surface area contributed by atoms with Crippen molar-refractivity contribution in [1.29, 1.82) is 0 Å². The zero-order chi connectivity index (χ0) is 13.1. The Bertz CT molecular complexity index is 325. The number of alkyl halides is 2. The van der Waals surface area contributed by atoms with Crippen LogP contribution in [0.25, 0.3) is 0 Å². The molecule has 1 unspecified atom stereocenters. The Morgan fingerprint density at radius 1 is 1.24 bits per heavy atom. The SMILES string of the molecule is CCC(CN)N1CCN(S(=O)(=O)C(F)F)CC1. The number of nitrogens with two attached hydrogens (primary N) is 1. The molecule has 1 aliphatic rings. The van der Waals surface area contributed by atoms with Crippen molar-refractivity contribution in [3.63, 3.8) is 0 Å². The average molecular weight is 271 g/mol. The summed E-state index contributed by atoms with van der Waals surface area (Å²) in [7, 11) is -4.42. The van der Waals surface area contributed by atoms with Crippen LogP contribution < -0.4 is 5.73 Å². The van der Waals surface area contributed by atoms with E-state index in [1.165, 1.54) is 0 Å². The van der Waals surface area contributed by atoms with Crippen molar-refractivity contribution in [2.45, 2.75) is 25.1 Å². The van der Waals surface area contributed by atoms with Gasteiger partial charge in [-0.1, -0.05) is 6.92 Å². The molecule has 102 valence electrons. The highest BCUT2D eigenvalue weighted by Crippen LogP contribution is 2.16. The summed E-state index contributed by atoms with van der Waals surface area (Å²) in [5, 5.41) is 0. The summed E-state index contributed by atoms with van der Waals surface area (Å²) >= 11 is 0. The number of rotatable bonds is 5. The van der Waals surface area contributed by atoms with E-state index in [1.807, 2.05) is 6.92 Å². The molecule has 5 nitrogen and oxygen atoms in total. The predicted octanol–water partition coefficient (Wildman–Crippen LogP) is -0.106. The van der Waals surface area contributed by atoms with Crippen molar-refractivity contribution in [3.8, 4) is 0 Å². The van der Waals surface area contributed by atoms with Crippen molar-refractivity contribution >= 4 is 10.0 Å². The van der Waals surface area contributed by atoms with E-state index in [-0.39, 0.29) is 19.1 Å². The molecule has 0 aromatic rings. The molecule has 0 spiro atoms. The molecule has 0 radical (unpaired) electrons. The van der Waals surface area contributed by atoms with Crippen LogP contribution in [0.4, 0.5) is 8.78 Å². The van der Waals surface area contributed by atoms with Gasteiger partial charge >= 0.3 is 5.76 Å². The Morgan fingerprint density at radius 3 is 2.12 bits per heavy atom. The van der Waals surface area contributed by atoms with Crippen LogP contribution in [0.1, 0.15) is 13.3 Å². The van der Waals surface area contributed by atoms with Crippen molar-refractivity contribution in [1.82, 2.24) is 9.21 Å².